The van der Waals surface area contributed by atoms with Gasteiger partial charge in [-0.25, -0.2) is 4.79 Å². The smallest absolute Gasteiger partial charge is 0.348 e. The Morgan fingerprint density at radius 1 is 1.00 bits per heavy atom. The molecule has 3 rings (SSSR count). The molecule has 1 saturated heterocycles. The maximum Gasteiger partial charge on any atom is 0.348 e. The molecule has 0 radical (unpaired) electrons. The molecule has 27 heavy (non-hydrogen) atoms. The van der Waals surface area contributed by atoms with E-state index < -0.39 is 11.6 Å². The molecule has 1 aliphatic rings. The van der Waals surface area contributed by atoms with Crippen LogP contribution in [0.5, 0.6) is 0 Å². The number of likely N-dealkylation sites (tertiary alicyclic amines) is 1. The summed E-state index contributed by atoms with van der Waals surface area (Å²) in [5, 5.41) is 11.3. The van der Waals surface area contributed by atoms with Crippen molar-refractivity contribution in [3.05, 3.63) is 71.8 Å². The zero-order valence-electron chi connectivity index (χ0n) is 15.5. The van der Waals surface area contributed by atoms with E-state index in [9.17, 15) is 14.7 Å². The third kappa shape index (κ3) is 4.19. The topological polar surface area (TPSA) is 66.8 Å². The van der Waals surface area contributed by atoms with Gasteiger partial charge >= 0.3 is 5.97 Å². The predicted octanol–water partition coefficient (Wildman–Crippen LogP) is 2.72. The van der Waals surface area contributed by atoms with Gasteiger partial charge in [-0.2, -0.15) is 0 Å². The van der Waals surface area contributed by atoms with E-state index in [0.29, 0.717) is 30.1 Å². The minimum Gasteiger partial charge on any atom is -0.453 e. The average molecular weight is 367 g/mol. The largest absolute Gasteiger partial charge is 0.453 e. The van der Waals surface area contributed by atoms with Crippen molar-refractivity contribution in [2.45, 2.75) is 25.4 Å². The lowest BCUT2D eigenvalue weighted by molar-refractivity contribution is -0.166. The molecule has 2 aromatic rings. The maximum absolute atomic E-state index is 12.9. The van der Waals surface area contributed by atoms with Crippen molar-refractivity contribution in [2.75, 3.05) is 19.7 Å². The van der Waals surface area contributed by atoms with Crippen LogP contribution in [-0.4, -0.2) is 41.6 Å². The third-order valence-electron chi connectivity index (χ3n) is 5.14. The van der Waals surface area contributed by atoms with Crippen LogP contribution < -0.4 is 0 Å². The van der Waals surface area contributed by atoms with E-state index in [1.807, 2.05) is 0 Å². The summed E-state index contributed by atoms with van der Waals surface area (Å²) >= 11 is 0. The van der Waals surface area contributed by atoms with Crippen LogP contribution in [-0.2, 0) is 19.9 Å². The number of benzene rings is 2. The lowest BCUT2D eigenvalue weighted by Crippen LogP contribution is -2.43. The first-order valence-electron chi connectivity index (χ1n) is 9.30. The minimum absolute atomic E-state index is 0.223. The second-order valence-corrected chi connectivity index (χ2v) is 7.08. The molecule has 142 valence electrons. The Morgan fingerprint density at radius 2 is 1.48 bits per heavy atom. The van der Waals surface area contributed by atoms with Crippen molar-refractivity contribution in [1.82, 2.24) is 4.90 Å². The molecule has 0 bridgehead atoms. The Labute approximate surface area is 159 Å². The molecule has 5 nitrogen and oxygen atoms in total. The fraction of sp³-hybridized carbons (Fsp3) is 0.364. The molecule has 0 saturated carbocycles. The number of esters is 1. The van der Waals surface area contributed by atoms with Gasteiger partial charge in [-0.3, -0.25) is 4.79 Å². The van der Waals surface area contributed by atoms with Crippen molar-refractivity contribution in [1.29, 1.82) is 0 Å². The zero-order chi connectivity index (χ0) is 19.3. The third-order valence-corrected chi connectivity index (χ3v) is 5.14. The van der Waals surface area contributed by atoms with Gasteiger partial charge in [0.15, 0.2) is 6.61 Å². The van der Waals surface area contributed by atoms with Crippen LogP contribution in [0.2, 0.25) is 0 Å². The van der Waals surface area contributed by atoms with Crippen LogP contribution in [0.1, 0.15) is 30.9 Å². The van der Waals surface area contributed by atoms with Gasteiger partial charge in [0.2, 0.25) is 5.60 Å². The lowest BCUT2D eigenvalue weighted by Gasteiger charge is -2.31. The Morgan fingerprint density at radius 3 is 1.96 bits per heavy atom. The van der Waals surface area contributed by atoms with Gasteiger partial charge in [-0.05, 0) is 29.9 Å². The number of hydrogen-bond acceptors (Lipinski definition) is 4. The average Bonchev–Trinajstić information content (AvgIpc) is 2.73. The molecule has 0 aliphatic carbocycles. The maximum atomic E-state index is 12.9. The molecule has 1 N–H and O–H groups in total. The van der Waals surface area contributed by atoms with Crippen molar-refractivity contribution in [3.63, 3.8) is 0 Å². The highest BCUT2D eigenvalue weighted by Crippen LogP contribution is 2.31. The molecular formula is C22H25NO4. The Kier molecular flexibility index (Phi) is 5.91. The van der Waals surface area contributed by atoms with E-state index in [-0.39, 0.29) is 12.5 Å². The van der Waals surface area contributed by atoms with Gasteiger partial charge in [-0.1, -0.05) is 67.6 Å². The molecule has 5 heteroatoms. The van der Waals surface area contributed by atoms with Gasteiger partial charge < -0.3 is 14.7 Å². The van der Waals surface area contributed by atoms with Gasteiger partial charge in [-0.15, -0.1) is 0 Å². The van der Waals surface area contributed by atoms with E-state index in [4.69, 9.17) is 4.74 Å². The fourth-order valence-electron chi connectivity index (χ4n) is 3.34. The highest BCUT2D eigenvalue weighted by atomic mass is 16.6. The number of piperidine rings is 1. The first kappa shape index (κ1) is 19.1. The fourth-order valence-corrected chi connectivity index (χ4v) is 3.34. The Balaban J connectivity index is 1.75. The van der Waals surface area contributed by atoms with Crippen LogP contribution in [0.4, 0.5) is 0 Å². The van der Waals surface area contributed by atoms with E-state index in [2.05, 4.69) is 6.92 Å². The number of ether oxygens (including phenoxy) is 1. The Bertz CT molecular complexity index is 728. The SMILES string of the molecule is CC1CCN(C(=O)COC(=O)C(O)(c2ccccc2)c2ccccc2)CC1. The quantitative estimate of drug-likeness (QED) is 0.825. The summed E-state index contributed by atoms with van der Waals surface area (Å²) < 4.78 is 5.28. The monoisotopic (exact) mass is 367 g/mol. The number of amides is 1. The lowest BCUT2D eigenvalue weighted by atomic mass is 9.86. The van der Waals surface area contributed by atoms with E-state index in [1.54, 1.807) is 65.6 Å². The number of aliphatic hydroxyl groups is 1. The minimum atomic E-state index is -1.96. The first-order chi connectivity index (χ1) is 13.0. The second-order valence-electron chi connectivity index (χ2n) is 7.08. The summed E-state index contributed by atoms with van der Waals surface area (Å²) in [7, 11) is 0. The molecule has 0 spiro atoms. The van der Waals surface area contributed by atoms with Crippen molar-refractivity contribution < 1.29 is 19.4 Å². The molecule has 2 aromatic carbocycles. The molecule has 0 aromatic heterocycles. The summed E-state index contributed by atoms with van der Waals surface area (Å²) in [4.78, 5) is 27.0. The van der Waals surface area contributed by atoms with E-state index in [0.717, 1.165) is 12.8 Å². The Hall–Kier alpha value is -2.66. The summed E-state index contributed by atoms with van der Waals surface area (Å²) in [5.74, 6) is -0.463. The van der Waals surface area contributed by atoms with Gasteiger partial charge in [0.05, 0.1) is 0 Å². The zero-order valence-corrected chi connectivity index (χ0v) is 15.5. The molecular weight excluding hydrogens is 342 g/mol. The highest BCUT2D eigenvalue weighted by molar-refractivity contribution is 5.88. The predicted molar refractivity (Wildman–Crippen MR) is 102 cm³/mol. The van der Waals surface area contributed by atoms with Crippen LogP contribution in [0.3, 0.4) is 0 Å². The molecule has 1 amide bonds. The second kappa shape index (κ2) is 8.35. The van der Waals surface area contributed by atoms with Gasteiger partial charge in [0.1, 0.15) is 0 Å². The van der Waals surface area contributed by atoms with Crippen molar-refractivity contribution in [3.8, 4) is 0 Å². The summed E-state index contributed by atoms with van der Waals surface area (Å²) in [6.07, 6.45) is 1.91. The van der Waals surface area contributed by atoms with Crippen LogP contribution in [0.15, 0.2) is 60.7 Å². The number of carbonyl (C=O) groups excluding carboxylic acids is 2. The first-order valence-corrected chi connectivity index (χ1v) is 9.30. The number of hydrogen-bond donors (Lipinski definition) is 1. The van der Waals surface area contributed by atoms with E-state index in [1.165, 1.54) is 0 Å². The van der Waals surface area contributed by atoms with Crippen molar-refractivity contribution >= 4 is 11.9 Å². The molecule has 1 fully saturated rings. The van der Waals surface area contributed by atoms with Crippen LogP contribution >= 0.6 is 0 Å². The van der Waals surface area contributed by atoms with Crippen molar-refractivity contribution in [2.24, 2.45) is 5.92 Å². The van der Waals surface area contributed by atoms with E-state index >= 15 is 0 Å². The number of rotatable bonds is 5. The van der Waals surface area contributed by atoms with Crippen LogP contribution in [0, 0.1) is 5.92 Å². The molecule has 0 unspecified atom stereocenters. The number of carbonyl (C=O) groups is 2. The normalized spacial score (nSPS) is 15.4. The van der Waals surface area contributed by atoms with Gasteiger partial charge in [0.25, 0.3) is 5.91 Å². The summed E-state index contributed by atoms with van der Waals surface area (Å²) in [6.45, 7) is 3.16. The van der Waals surface area contributed by atoms with Crippen LogP contribution in [0.25, 0.3) is 0 Å². The standard InChI is InChI=1S/C22H25NO4/c1-17-12-14-23(15-13-17)20(24)16-27-21(25)22(26,18-8-4-2-5-9-18)19-10-6-3-7-11-19/h2-11,17,26H,12-16H2,1H3. The molecule has 0 atom stereocenters. The highest BCUT2D eigenvalue weighted by Gasteiger charge is 2.42. The number of nitrogens with zero attached hydrogens (tertiary/aromatic N) is 1. The molecule has 1 heterocycles. The summed E-state index contributed by atoms with van der Waals surface area (Å²) in [6, 6.07) is 17.3. The van der Waals surface area contributed by atoms with Gasteiger partial charge in [0, 0.05) is 13.1 Å². The summed E-state index contributed by atoms with van der Waals surface area (Å²) in [5.41, 5.74) is -1.15. The molecule has 1 aliphatic heterocycles.